The van der Waals surface area contributed by atoms with Gasteiger partial charge in [0.05, 0.1) is 34.5 Å². The molecular weight excluding hydrogens is 478 g/mol. The predicted molar refractivity (Wildman–Crippen MR) is 126 cm³/mol. The second-order valence-electron chi connectivity index (χ2n) is 8.47. The van der Waals surface area contributed by atoms with E-state index in [-0.39, 0.29) is 10.6 Å². The Hall–Kier alpha value is -3.21. The van der Waals surface area contributed by atoms with Gasteiger partial charge in [-0.15, -0.1) is 0 Å². The monoisotopic (exact) mass is 502 g/mol. The molecule has 0 unspecified atom stereocenters. The molecule has 1 aliphatic heterocycles. The second-order valence-corrected chi connectivity index (χ2v) is 10.2. The number of rotatable bonds is 6. The summed E-state index contributed by atoms with van der Waals surface area (Å²) in [5, 5.41) is 11.4. The SMILES string of the molecule is O=S(=O)(N[C@@H]1CCC[C@H](N2c3ccccc3Oc3ccccc32)[C@H]1O)c1ccc(OC(F)F)cc1. The highest BCUT2D eigenvalue weighted by Gasteiger charge is 2.41. The van der Waals surface area contributed by atoms with Gasteiger partial charge in [-0.1, -0.05) is 24.3 Å². The van der Waals surface area contributed by atoms with E-state index in [0.29, 0.717) is 30.8 Å². The van der Waals surface area contributed by atoms with Crippen LogP contribution >= 0.6 is 0 Å². The van der Waals surface area contributed by atoms with Crippen LogP contribution in [0.25, 0.3) is 0 Å². The number of anilines is 2. The smallest absolute Gasteiger partial charge is 0.387 e. The number of sulfonamides is 1. The van der Waals surface area contributed by atoms with Crippen molar-refractivity contribution in [1.29, 1.82) is 0 Å². The molecule has 3 aromatic carbocycles. The van der Waals surface area contributed by atoms with E-state index in [0.717, 1.165) is 11.4 Å². The first-order valence-corrected chi connectivity index (χ1v) is 12.7. The highest BCUT2D eigenvalue weighted by atomic mass is 32.2. The van der Waals surface area contributed by atoms with Crippen molar-refractivity contribution in [3.63, 3.8) is 0 Å². The Balaban J connectivity index is 1.40. The summed E-state index contributed by atoms with van der Waals surface area (Å²) in [6.07, 6.45) is 0.788. The predicted octanol–water partition coefficient (Wildman–Crippen LogP) is 4.79. The molecule has 0 saturated heterocycles. The van der Waals surface area contributed by atoms with Crippen LogP contribution in [0.3, 0.4) is 0 Å². The number of halogens is 2. The van der Waals surface area contributed by atoms with E-state index in [4.69, 9.17) is 4.74 Å². The molecule has 3 atom stereocenters. The molecule has 0 aromatic heterocycles. The van der Waals surface area contributed by atoms with Crippen molar-refractivity contribution in [2.75, 3.05) is 4.90 Å². The second kappa shape index (κ2) is 9.44. The van der Waals surface area contributed by atoms with Crippen molar-refractivity contribution < 1.29 is 31.8 Å². The third-order valence-corrected chi connectivity index (χ3v) is 7.79. The van der Waals surface area contributed by atoms with Crippen LogP contribution in [-0.2, 0) is 10.0 Å². The Morgan fingerprint density at radius 2 is 1.54 bits per heavy atom. The van der Waals surface area contributed by atoms with E-state index < -0.39 is 34.8 Å². The van der Waals surface area contributed by atoms with Gasteiger partial charge < -0.3 is 19.5 Å². The van der Waals surface area contributed by atoms with Crippen LogP contribution in [0.1, 0.15) is 19.3 Å². The maximum atomic E-state index is 13.0. The molecule has 1 saturated carbocycles. The van der Waals surface area contributed by atoms with E-state index in [2.05, 4.69) is 9.46 Å². The minimum Gasteiger partial charge on any atom is -0.453 e. The van der Waals surface area contributed by atoms with Gasteiger partial charge in [-0.05, 0) is 67.8 Å². The average Bonchev–Trinajstić information content (AvgIpc) is 2.84. The molecule has 2 aliphatic rings. The summed E-state index contributed by atoms with van der Waals surface area (Å²) < 4.78 is 63.7. The first-order chi connectivity index (χ1) is 16.8. The van der Waals surface area contributed by atoms with E-state index in [1.165, 1.54) is 24.3 Å². The van der Waals surface area contributed by atoms with Crippen molar-refractivity contribution in [1.82, 2.24) is 4.72 Å². The maximum Gasteiger partial charge on any atom is 0.387 e. The molecule has 1 aliphatic carbocycles. The fourth-order valence-electron chi connectivity index (χ4n) is 4.73. The molecule has 5 rings (SSSR count). The number of hydrogen-bond acceptors (Lipinski definition) is 6. The summed E-state index contributed by atoms with van der Waals surface area (Å²) in [7, 11) is -4.01. The van der Waals surface area contributed by atoms with Gasteiger partial charge in [-0.2, -0.15) is 8.78 Å². The zero-order valence-corrected chi connectivity index (χ0v) is 19.4. The Morgan fingerprint density at radius 3 is 2.14 bits per heavy atom. The molecule has 184 valence electrons. The minimum absolute atomic E-state index is 0.101. The van der Waals surface area contributed by atoms with Gasteiger partial charge in [0.1, 0.15) is 5.75 Å². The maximum absolute atomic E-state index is 13.0. The quantitative estimate of drug-likeness (QED) is 0.504. The Bertz CT molecular complexity index is 1260. The summed E-state index contributed by atoms with van der Waals surface area (Å²) in [4.78, 5) is 1.92. The first kappa shape index (κ1) is 23.5. The zero-order valence-electron chi connectivity index (χ0n) is 18.6. The number of nitrogens with zero attached hydrogens (tertiary/aromatic N) is 1. The largest absolute Gasteiger partial charge is 0.453 e. The first-order valence-electron chi connectivity index (χ1n) is 11.2. The lowest BCUT2D eigenvalue weighted by atomic mass is 9.86. The number of fused-ring (bicyclic) bond motifs is 2. The van der Waals surface area contributed by atoms with Crippen LogP contribution in [-0.4, -0.2) is 38.3 Å². The molecule has 0 spiro atoms. The minimum atomic E-state index is -4.01. The summed E-state index contributed by atoms with van der Waals surface area (Å²) in [6, 6.07) is 18.6. The number of ether oxygens (including phenoxy) is 2. The highest BCUT2D eigenvalue weighted by molar-refractivity contribution is 7.89. The van der Waals surface area contributed by atoms with Gasteiger partial charge in [0.25, 0.3) is 0 Å². The zero-order chi connectivity index (χ0) is 24.6. The third-order valence-electron chi connectivity index (χ3n) is 6.29. The molecule has 2 N–H and O–H groups in total. The summed E-state index contributed by atoms with van der Waals surface area (Å²) in [5.41, 5.74) is 1.60. The number of aliphatic hydroxyl groups is 1. The lowest BCUT2D eigenvalue weighted by molar-refractivity contribution is -0.0498. The summed E-state index contributed by atoms with van der Waals surface area (Å²) in [5.74, 6) is 1.18. The van der Waals surface area contributed by atoms with E-state index >= 15 is 0 Å². The van der Waals surface area contributed by atoms with Gasteiger partial charge in [0.2, 0.25) is 10.0 Å². The number of nitrogens with one attached hydrogen (secondary N) is 1. The fraction of sp³-hybridized carbons (Fsp3) is 0.280. The molecule has 0 radical (unpaired) electrons. The van der Waals surface area contributed by atoms with Crippen molar-refractivity contribution in [2.45, 2.75) is 49.0 Å². The number of para-hydroxylation sites is 4. The van der Waals surface area contributed by atoms with Gasteiger partial charge in [0, 0.05) is 0 Å². The summed E-state index contributed by atoms with van der Waals surface area (Å²) in [6.45, 7) is -3.00. The van der Waals surface area contributed by atoms with Crippen LogP contribution < -0.4 is 19.1 Å². The van der Waals surface area contributed by atoms with Crippen molar-refractivity contribution in [3.8, 4) is 17.2 Å². The average molecular weight is 503 g/mol. The molecule has 3 aromatic rings. The number of aliphatic hydroxyl groups excluding tert-OH is 1. The molecule has 35 heavy (non-hydrogen) atoms. The molecule has 0 amide bonds. The molecule has 1 heterocycles. The van der Waals surface area contributed by atoms with Crippen LogP contribution in [0.4, 0.5) is 20.2 Å². The topological polar surface area (TPSA) is 88.1 Å². The molecular formula is C25H24F2N2O5S. The molecule has 10 heteroatoms. The van der Waals surface area contributed by atoms with Crippen molar-refractivity contribution >= 4 is 21.4 Å². The van der Waals surface area contributed by atoms with Crippen molar-refractivity contribution in [2.24, 2.45) is 0 Å². The van der Waals surface area contributed by atoms with E-state index in [9.17, 15) is 22.3 Å². The number of benzene rings is 3. The standard InChI is InChI=1S/C25H24F2N2O5S/c26-25(27)33-16-12-14-17(15-13-16)35(31,32)28-18-6-5-9-21(24(18)30)29-19-7-1-3-10-22(19)34-23-11-4-2-8-20(23)29/h1-4,7-8,10-15,18,21,24-25,28,30H,5-6,9H2/t18-,21+,24+/m1/s1. The lowest BCUT2D eigenvalue weighted by Gasteiger charge is -2.44. The Kier molecular flexibility index (Phi) is 6.35. The van der Waals surface area contributed by atoms with Crippen molar-refractivity contribution in [3.05, 3.63) is 72.8 Å². The van der Waals surface area contributed by atoms with Gasteiger partial charge >= 0.3 is 6.61 Å². The van der Waals surface area contributed by atoms with Crippen LogP contribution in [0, 0.1) is 0 Å². The van der Waals surface area contributed by atoms with Gasteiger partial charge in [-0.3, -0.25) is 0 Å². The Morgan fingerprint density at radius 1 is 0.943 bits per heavy atom. The van der Waals surface area contributed by atoms with E-state index in [1.54, 1.807) is 0 Å². The van der Waals surface area contributed by atoms with Gasteiger partial charge in [-0.25, -0.2) is 13.1 Å². The van der Waals surface area contributed by atoms with E-state index in [1.807, 2.05) is 53.4 Å². The number of hydrogen-bond donors (Lipinski definition) is 2. The molecule has 0 bridgehead atoms. The van der Waals surface area contributed by atoms with Crippen LogP contribution in [0.2, 0.25) is 0 Å². The van der Waals surface area contributed by atoms with Gasteiger partial charge in [0.15, 0.2) is 11.5 Å². The lowest BCUT2D eigenvalue weighted by Crippen LogP contribution is -2.56. The summed E-state index contributed by atoms with van der Waals surface area (Å²) >= 11 is 0. The number of alkyl halides is 2. The Labute approximate surface area is 202 Å². The molecule has 7 nitrogen and oxygen atoms in total. The van der Waals surface area contributed by atoms with Crippen LogP contribution in [0.15, 0.2) is 77.7 Å². The molecule has 1 fully saturated rings. The van der Waals surface area contributed by atoms with Crippen LogP contribution in [0.5, 0.6) is 17.2 Å². The normalized spacial score (nSPS) is 21.7. The third kappa shape index (κ3) is 4.69. The fourth-order valence-corrected chi connectivity index (χ4v) is 6.01. The highest BCUT2D eigenvalue weighted by Crippen LogP contribution is 2.49.